The zero-order chi connectivity index (χ0) is 33.9. The van der Waals surface area contributed by atoms with Crippen LogP contribution in [0.1, 0.15) is 34.6 Å². The van der Waals surface area contributed by atoms with Gasteiger partial charge in [0.05, 0.1) is 50.5 Å². The van der Waals surface area contributed by atoms with Crippen LogP contribution in [0, 0.1) is 6.92 Å². The third kappa shape index (κ3) is 9.79. The number of hydrogen-bond acceptors (Lipinski definition) is 11. The third-order valence-corrected chi connectivity index (χ3v) is 9.13. The van der Waals surface area contributed by atoms with Crippen molar-refractivity contribution in [2.24, 2.45) is 11.6 Å². The predicted molar refractivity (Wildman–Crippen MR) is 177 cm³/mol. The molecule has 3 aromatic rings. The second-order valence-corrected chi connectivity index (χ2v) is 12.7. The molecule has 0 aliphatic heterocycles. The Bertz CT molecular complexity index is 1550. The number of carboxylic acids is 1. The molecule has 3 rings (SSSR count). The summed E-state index contributed by atoms with van der Waals surface area (Å²) in [5, 5.41) is 11.1. The minimum absolute atomic E-state index is 0.0642. The average Bonchev–Trinajstić information content (AvgIpc) is 3.01. The molecular formula is C32H45N5O8S. The van der Waals surface area contributed by atoms with Crippen LogP contribution < -0.4 is 31.8 Å². The highest BCUT2D eigenvalue weighted by atomic mass is 32.2. The highest BCUT2D eigenvalue weighted by Gasteiger charge is 2.25. The lowest BCUT2D eigenvalue weighted by Gasteiger charge is -2.24. The molecule has 252 valence electrons. The second kappa shape index (κ2) is 17.1. The number of nitrogens with zero attached hydrogens (tertiary/aromatic N) is 2. The van der Waals surface area contributed by atoms with Crippen LogP contribution in [0.3, 0.4) is 0 Å². The molecule has 3 aromatic carbocycles. The van der Waals surface area contributed by atoms with Crippen LogP contribution in [0.4, 0.5) is 11.4 Å². The van der Waals surface area contributed by atoms with Gasteiger partial charge < -0.3 is 40.5 Å². The van der Waals surface area contributed by atoms with Gasteiger partial charge in [-0.25, -0.2) is 14.3 Å². The Morgan fingerprint density at radius 1 is 0.935 bits per heavy atom. The summed E-state index contributed by atoms with van der Waals surface area (Å²) in [6.45, 7) is 4.43. The van der Waals surface area contributed by atoms with Gasteiger partial charge in [0.1, 0.15) is 23.8 Å². The Hall–Kier alpha value is -3.92. The number of ether oxygens (including phenoxy) is 4. The Morgan fingerprint density at radius 3 is 2.20 bits per heavy atom. The summed E-state index contributed by atoms with van der Waals surface area (Å²) in [7, 11) is 0.758. The first-order valence-corrected chi connectivity index (χ1v) is 16.1. The first-order chi connectivity index (χ1) is 21.9. The quantitative estimate of drug-likeness (QED) is 0.0637. The van der Waals surface area contributed by atoms with E-state index in [9.17, 15) is 18.3 Å². The van der Waals surface area contributed by atoms with Crippen molar-refractivity contribution in [3.05, 3.63) is 76.9 Å². The van der Waals surface area contributed by atoms with Crippen LogP contribution in [0.5, 0.6) is 11.5 Å². The van der Waals surface area contributed by atoms with Gasteiger partial charge in [0.2, 0.25) is 10.0 Å². The molecule has 0 radical (unpaired) electrons. The molecule has 46 heavy (non-hydrogen) atoms. The molecule has 14 heteroatoms. The number of anilines is 2. The van der Waals surface area contributed by atoms with E-state index < -0.39 is 21.9 Å². The van der Waals surface area contributed by atoms with Crippen LogP contribution in [-0.2, 0) is 30.8 Å². The standard InChI is InChI=1S/C32H45N5O8S/c1-22-5-6-23(28(20-31(38)39)24-18-29(34)32(37(3)35)30(19-24)42-4)17-25(22)21-36(2)46(40,41)27-9-7-26(8-10-27)45-16-15-44-14-13-43-12-11-33/h5-10,17-19,28H,11-16,20-21,33-35H2,1-4H3,(H,38,39). The molecule has 0 aliphatic carbocycles. The van der Waals surface area contributed by atoms with Crippen molar-refractivity contribution in [2.75, 3.05) is 71.5 Å². The van der Waals surface area contributed by atoms with Gasteiger partial charge in [-0.3, -0.25) is 4.79 Å². The Morgan fingerprint density at radius 2 is 1.59 bits per heavy atom. The van der Waals surface area contributed by atoms with E-state index in [1.807, 2.05) is 25.1 Å². The van der Waals surface area contributed by atoms with Crippen molar-refractivity contribution in [1.29, 1.82) is 0 Å². The maximum atomic E-state index is 13.5. The highest BCUT2D eigenvalue weighted by Crippen LogP contribution is 2.39. The second-order valence-electron chi connectivity index (χ2n) is 10.7. The molecule has 0 bridgehead atoms. The van der Waals surface area contributed by atoms with Crippen LogP contribution in [0.2, 0.25) is 0 Å². The van der Waals surface area contributed by atoms with E-state index in [1.54, 1.807) is 31.3 Å². The maximum absolute atomic E-state index is 13.5. The number of nitrogens with two attached hydrogens (primary N) is 3. The van der Waals surface area contributed by atoms with E-state index in [1.165, 1.54) is 35.6 Å². The summed E-state index contributed by atoms with van der Waals surface area (Å²) in [6.07, 6.45) is -0.221. The molecule has 13 nitrogen and oxygen atoms in total. The van der Waals surface area contributed by atoms with E-state index in [2.05, 4.69) is 0 Å². The summed E-state index contributed by atoms with van der Waals surface area (Å²) in [6, 6.07) is 15.1. The third-order valence-electron chi connectivity index (χ3n) is 7.31. The first kappa shape index (κ1) is 36.5. The number of sulfonamides is 1. The van der Waals surface area contributed by atoms with Gasteiger partial charge in [-0.2, -0.15) is 4.31 Å². The van der Waals surface area contributed by atoms with Gasteiger partial charge >= 0.3 is 5.97 Å². The van der Waals surface area contributed by atoms with E-state index in [-0.39, 0.29) is 17.9 Å². The summed E-state index contributed by atoms with van der Waals surface area (Å²) >= 11 is 0. The molecule has 0 heterocycles. The van der Waals surface area contributed by atoms with Crippen molar-refractivity contribution in [3.63, 3.8) is 0 Å². The molecule has 0 amide bonds. The lowest BCUT2D eigenvalue weighted by molar-refractivity contribution is -0.137. The summed E-state index contributed by atoms with van der Waals surface area (Å²) in [5.41, 5.74) is 15.4. The SMILES string of the molecule is COc1cc(C(CC(=O)O)c2ccc(C)c(CN(C)S(=O)(=O)c3ccc(OCCOCCOCCN)cc3)c2)cc(N)c1N(C)N. The Kier molecular flexibility index (Phi) is 13.6. The monoisotopic (exact) mass is 659 g/mol. The fraction of sp³-hybridized carbons (Fsp3) is 0.406. The largest absolute Gasteiger partial charge is 0.494 e. The van der Waals surface area contributed by atoms with E-state index in [0.717, 1.165) is 11.1 Å². The molecule has 0 spiro atoms. The van der Waals surface area contributed by atoms with Crippen molar-refractivity contribution < 1.29 is 37.3 Å². The van der Waals surface area contributed by atoms with Crippen molar-refractivity contribution in [1.82, 2.24) is 4.31 Å². The molecule has 0 saturated heterocycles. The molecule has 1 atom stereocenters. The summed E-state index contributed by atoms with van der Waals surface area (Å²) in [4.78, 5) is 12.1. The minimum Gasteiger partial charge on any atom is -0.494 e. The number of carboxylic acid groups (broad SMARTS) is 1. The Labute approximate surface area is 270 Å². The molecule has 0 aliphatic rings. The number of hydrogen-bond donors (Lipinski definition) is 4. The van der Waals surface area contributed by atoms with Gasteiger partial charge in [0, 0.05) is 33.1 Å². The number of aryl methyl sites for hydroxylation is 1. The van der Waals surface area contributed by atoms with Gasteiger partial charge in [0.25, 0.3) is 0 Å². The lowest BCUT2D eigenvalue weighted by Crippen LogP contribution is -2.27. The molecule has 0 aromatic heterocycles. The van der Waals surface area contributed by atoms with Crippen LogP contribution in [0.15, 0.2) is 59.5 Å². The van der Waals surface area contributed by atoms with Gasteiger partial charge in [-0.1, -0.05) is 18.2 Å². The van der Waals surface area contributed by atoms with Crippen molar-refractivity contribution >= 4 is 27.4 Å². The fourth-order valence-electron chi connectivity index (χ4n) is 4.90. The number of methoxy groups -OCH3 is 1. The number of aliphatic carboxylic acids is 1. The van der Waals surface area contributed by atoms with Gasteiger partial charge in [0.15, 0.2) is 0 Å². The molecular weight excluding hydrogens is 614 g/mol. The predicted octanol–water partition coefficient (Wildman–Crippen LogP) is 2.69. The topological polar surface area (TPSA) is 193 Å². The van der Waals surface area contributed by atoms with E-state index in [4.69, 9.17) is 36.3 Å². The maximum Gasteiger partial charge on any atom is 0.304 e. The number of nitrogen functional groups attached to an aromatic ring is 1. The van der Waals surface area contributed by atoms with Gasteiger partial charge in [-0.15, -0.1) is 0 Å². The highest BCUT2D eigenvalue weighted by molar-refractivity contribution is 7.89. The summed E-state index contributed by atoms with van der Waals surface area (Å²) < 4.78 is 50.0. The Balaban J connectivity index is 1.76. The number of carbonyl (C=O) groups is 1. The molecule has 7 N–H and O–H groups in total. The van der Waals surface area contributed by atoms with Crippen LogP contribution in [-0.4, -0.2) is 84.6 Å². The van der Waals surface area contributed by atoms with E-state index in [0.29, 0.717) is 73.6 Å². The normalized spacial score (nSPS) is 12.2. The number of hydrazine groups is 1. The van der Waals surface area contributed by atoms with Crippen LogP contribution >= 0.6 is 0 Å². The average molecular weight is 660 g/mol. The number of benzene rings is 3. The van der Waals surface area contributed by atoms with Gasteiger partial charge in [-0.05, 0) is 65.6 Å². The van der Waals surface area contributed by atoms with Crippen LogP contribution in [0.25, 0.3) is 0 Å². The minimum atomic E-state index is -3.86. The lowest BCUT2D eigenvalue weighted by atomic mass is 9.86. The zero-order valence-corrected chi connectivity index (χ0v) is 27.6. The first-order valence-electron chi connectivity index (χ1n) is 14.7. The zero-order valence-electron chi connectivity index (χ0n) is 26.8. The summed E-state index contributed by atoms with van der Waals surface area (Å²) in [5.74, 6) is 5.26. The smallest absolute Gasteiger partial charge is 0.304 e. The van der Waals surface area contributed by atoms with Crippen molar-refractivity contribution in [2.45, 2.75) is 30.7 Å². The van der Waals surface area contributed by atoms with Crippen molar-refractivity contribution in [3.8, 4) is 11.5 Å². The molecule has 1 unspecified atom stereocenters. The molecule has 0 saturated carbocycles. The number of rotatable bonds is 19. The molecule has 0 fully saturated rings. The fourth-order valence-corrected chi connectivity index (χ4v) is 6.05. The van der Waals surface area contributed by atoms with E-state index >= 15 is 0 Å².